The Hall–Kier alpha value is -2.57. The maximum Gasteiger partial charge on any atom is 0.410 e. The van der Waals surface area contributed by atoms with E-state index >= 15 is 0 Å². The molecule has 0 saturated heterocycles. The van der Waals surface area contributed by atoms with Gasteiger partial charge in [-0.3, -0.25) is 0 Å². The first-order chi connectivity index (χ1) is 9.51. The lowest BCUT2D eigenvalue weighted by Crippen LogP contribution is -2.31. The lowest BCUT2D eigenvalue weighted by atomic mass is 10.2. The molecule has 0 aliphatic carbocycles. The second kappa shape index (κ2) is 5.20. The summed E-state index contributed by atoms with van der Waals surface area (Å²) >= 11 is 0. The van der Waals surface area contributed by atoms with E-state index in [4.69, 9.17) is 9.47 Å². The van der Waals surface area contributed by atoms with Crippen molar-refractivity contribution in [2.45, 2.75) is 13.8 Å². The molecule has 2 rings (SSSR count). The second-order valence-corrected chi connectivity index (χ2v) is 4.10. The van der Waals surface area contributed by atoms with Crippen molar-refractivity contribution < 1.29 is 18.7 Å². The summed E-state index contributed by atoms with van der Waals surface area (Å²) in [6.45, 7) is 3.14. The lowest BCUT2D eigenvalue weighted by molar-refractivity contribution is -0.469. The number of nitrogens with zero attached hydrogens (tertiary/aromatic N) is 2. The average Bonchev–Trinajstić information content (AvgIpc) is 2.45. The van der Waals surface area contributed by atoms with Crippen LogP contribution in [0.5, 0.6) is 5.75 Å². The van der Waals surface area contributed by atoms with Gasteiger partial charge in [-0.2, -0.15) is 0 Å². The minimum atomic E-state index is -0.825. The second-order valence-electron chi connectivity index (χ2n) is 4.10. The maximum atomic E-state index is 12.3. The van der Waals surface area contributed by atoms with Gasteiger partial charge in [0.05, 0.1) is 29.9 Å². The van der Waals surface area contributed by atoms with Gasteiger partial charge in [0.25, 0.3) is 5.52 Å². The van der Waals surface area contributed by atoms with Crippen molar-refractivity contribution in [2.75, 3.05) is 13.7 Å². The molecule has 7 nitrogen and oxygen atoms in total. The summed E-state index contributed by atoms with van der Waals surface area (Å²) in [7, 11) is 1.45. The van der Waals surface area contributed by atoms with Gasteiger partial charge in [-0.1, -0.05) is 0 Å². The molecule has 0 aliphatic rings. The lowest BCUT2D eigenvalue weighted by Gasteiger charge is -2.16. The molecule has 1 heterocycles. The molecule has 0 spiro atoms. The van der Waals surface area contributed by atoms with Crippen molar-refractivity contribution in [1.29, 1.82) is 0 Å². The molecule has 0 fully saturated rings. The Labute approximate surface area is 114 Å². The van der Waals surface area contributed by atoms with Gasteiger partial charge in [-0.25, -0.2) is 4.79 Å². The van der Waals surface area contributed by atoms with Crippen LogP contribution in [0.15, 0.2) is 18.2 Å². The minimum absolute atomic E-state index is 0.00360. The largest absolute Gasteiger partial charge is 0.805 e. The Morgan fingerprint density at radius 1 is 1.45 bits per heavy atom. The summed E-state index contributed by atoms with van der Waals surface area (Å²) in [6, 6.07) is 4.44. The van der Waals surface area contributed by atoms with Crippen LogP contribution in [0.3, 0.4) is 0 Å². The first-order valence-electron chi connectivity index (χ1n) is 6.01. The van der Waals surface area contributed by atoms with Crippen molar-refractivity contribution in [3.63, 3.8) is 0 Å². The molecule has 106 valence electrons. The van der Waals surface area contributed by atoms with Crippen LogP contribution in [0.25, 0.3) is 11.0 Å². The van der Waals surface area contributed by atoms with E-state index in [2.05, 4.69) is 0 Å². The van der Waals surface area contributed by atoms with Gasteiger partial charge in [0, 0.05) is 4.91 Å². The summed E-state index contributed by atoms with van der Waals surface area (Å²) in [4.78, 5) is 24.1. The fraction of sp³-hybridized carbons (Fsp3) is 0.308. The van der Waals surface area contributed by atoms with Crippen LogP contribution >= 0.6 is 0 Å². The molecule has 7 heteroatoms. The van der Waals surface area contributed by atoms with Crippen LogP contribution in [-0.4, -0.2) is 24.4 Å². The van der Waals surface area contributed by atoms with E-state index in [1.807, 2.05) is 0 Å². The molecule has 0 unspecified atom stereocenters. The van der Waals surface area contributed by atoms with E-state index in [9.17, 15) is 14.9 Å². The molecule has 0 aliphatic heterocycles. The number of benzene rings is 1. The molecular weight excluding hydrogens is 264 g/mol. The topological polar surface area (TPSA) is 86.5 Å². The average molecular weight is 278 g/mol. The Bertz CT molecular complexity index is 736. The fourth-order valence-corrected chi connectivity index (χ4v) is 1.94. The number of rotatable bonds is 3. The zero-order valence-electron chi connectivity index (χ0n) is 11.4. The van der Waals surface area contributed by atoms with E-state index in [1.54, 1.807) is 13.0 Å². The van der Waals surface area contributed by atoms with E-state index in [1.165, 1.54) is 26.2 Å². The summed E-state index contributed by atoms with van der Waals surface area (Å²) in [6.07, 6.45) is 0. The molecule has 1 aromatic carbocycles. The first kappa shape index (κ1) is 13.9. The van der Waals surface area contributed by atoms with Crippen LogP contribution in [0.4, 0.5) is 0 Å². The van der Waals surface area contributed by atoms with Gasteiger partial charge in [0.2, 0.25) is 0 Å². The third-order valence-corrected chi connectivity index (χ3v) is 2.94. The molecule has 0 N–H and O–H groups in total. The van der Waals surface area contributed by atoms with Crippen LogP contribution in [0, 0.1) is 17.0 Å². The van der Waals surface area contributed by atoms with Gasteiger partial charge < -0.3 is 19.4 Å². The summed E-state index contributed by atoms with van der Waals surface area (Å²) in [5.74, 6) is -0.407. The highest BCUT2D eigenvalue weighted by Crippen LogP contribution is 2.19. The number of carbonyl (C=O) groups is 1. The quantitative estimate of drug-likeness (QED) is 0.625. The molecule has 0 atom stereocenters. The smallest absolute Gasteiger partial charge is 0.410 e. The predicted molar refractivity (Wildman–Crippen MR) is 71.3 cm³/mol. The SMILES string of the molecule is CCOC(=O)c1c(C)n([O-])c2ccc(OC)cc2[n+]1=O. The highest BCUT2D eigenvalue weighted by atomic mass is 16.5. The van der Waals surface area contributed by atoms with Crippen LogP contribution in [-0.2, 0) is 4.74 Å². The van der Waals surface area contributed by atoms with Gasteiger partial charge in [-0.15, -0.1) is 0 Å². The Morgan fingerprint density at radius 2 is 2.15 bits per heavy atom. The Balaban J connectivity index is 2.83. The standard InChI is InChI=1S/C13H14N2O5/c1-4-20-13(16)12-8(2)14(17)10-6-5-9(19-3)7-11(10)15(12)18/h5-7H,4H2,1-3H3. The van der Waals surface area contributed by atoms with E-state index < -0.39 is 5.97 Å². The van der Waals surface area contributed by atoms with E-state index in [0.717, 1.165) is 0 Å². The molecule has 0 bridgehead atoms. The molecule has 2 aromatic rings. The fourth-order valence-electron chi connectivity index (χ4n) is 1.94. The molecule has 1 aromatic heterocycles. The Kier molecular flexibility index (Phi) is 3.60. The van der Waals surface area contributed by atoms with Gasteiger partial charge >= 0.3 is 11.7 Å². The van der Waals surface area contributed by atoms with Crippen LogP contribution < -0.4 is 9.16 Å². The van der Waals surface area contributed by atoms with Crippen LogP contribution in [0.2, 0.25) is 0 Å². The predicted octanol–water partition coefficient (Wildman–Crippen LogP) is 1.40. The molecular formula is C13H14N2O5. The van der Waals surface area contributed by atoms with Crippen LogP contribution in [0.1, 0.15) is 23.1 Å². The van der Waals surface area contributed by atoms with Gasteiger partial charge in [0.1, 0.15) is 11.3 Å². The maximum absolute atomic E-state index is 12.3. The number of esters is 1. The monoisotopic (exact) mass is 278 g/mol. The van der Waals surface area contributed by atoms with Crippen molar-refractivity contribution in [2.24, 2.45) is 0 Å². The minimum Gasteiger partial charge on any atom is -0.805 e. The Morgan fingerprint density at radius 3 is 2.75 bits per heavy atom. The number of hydrogen-bond donors (Lipinski definition) is 0. The third-order valence-electron chi connectivity index (χ3n) is 2.94. The highest BCUT2D eigenvalue weighted by Gasteiger charge is 2.28. The van der Waals surface area contributed by atoms with E-state index in [0.29, 0.717) is 14.9 Å². The van der Waals surface area contributed by atoms with Crippen molar-refractivity contribution >= 4 is 17.0 Å². The van der Waals surface area contributed by atoms with Gasteiger partial charge in [0.15, 0.2) is 0 Å². The molecule has 0 saturated carbocycles. The number of methoxy groups -OCH3 is 1. The number of carbonyl (C=O) groups excluding carboxylic acids is 1. The van der Waals surface area contributed by atoms with Crippen molar-refractivity contribution in [3.8, 4) is 5.75 Å². The van der Waals surface area contributed by atoms with E-state index in [-0.39, 0.29) is 29.0 Å². The van der Waals surface area contributed by atoms with Gasteiger partial charge in [-0.05, 0) is 26.0 Å². The highest BCUT2D eigenvalue weighted by molar-refractivity contribution is 5.88. The number of hydrogen-bond acceptors (Lipinski definition) is 5. The van der Waals surface area contributed by atoms with Crippen molar-refractivity contribution in [1.82, 2.24) is 4.73 Å². The zero-order chi connectivity index (χ0) is 14.9. The first-order valence-corrected chi connectivity index (χ1v) is 6.01. The molecule has 0 amide bonds. The zero-order valence-corrected chi connectivity index (χ0v) is 11.4. The molecule has 0 radical (unpaired) electrons. The summed E-state index contributed by atoms with van der Waals surface area (Å²) in [5.41, 5.74) is -0.113. The van der Waals surface area contributed by atoms with Crippen molar-refractivity contribution in [3.05, 3.63) is 39.7 Å². The number of fused-ring (bicyclic) bond motifs is 1. The number of aromatic nitrogens is 2. The number of ether oxygens (including phenoxy) is 2. The third kappa shape index (κ3) is 2.07. The summed E-state index contributed by atoms with van der Waals surface area (Å²) < 4.78 is 10.8. The molecule has 20 heavy (non-hydrogen) atoms. The normalized spacial score (nSPS) is 10.6. The summed E-state index contributed by atoms with van der Waals surface area (Å²) in [5, 5.41) is 12.1.